The summed E-state index contributed by atoms with van der Waals surface area (Å²) < 4.78 is 10.9. The molecule has 1 aromatic heterocycles. The highest BCUT2D eigenvalue weighted by atomic mass is 32.1. The molecule has 1 amide bonds. The predicted molar refractivity (Wildman–Crippen MR) is 121 cm³/mol. The summed E-state index contributed by atoms with van der Waals surface area (Å²) >= 11 is 1.45. The number of Topliss-reactive ketones (excluding diaryl/α,β-unsaturated/α-hetero) is 1. The molecule has 4 rings (SSSR count). The molecule has 0 spiro atoms. The highest BCUT2D eigenvalue weighted by Gasteiger charge is 2.30. The maximum atomic E-state index is 13.1. The Kier molecular flexibility index (Phi) is 6.79. The number of para-hydroxylation sites is 1. The Balaban J connectivity index is 1.39. The van der Waals surface area contributed by atoms with Crippen LogP contribution in [0.15, 0.2) is 66.7 Å². The number of ether oxygens (including phenoxy) is 2. The van der Waals surface area contributed by atoms with Crippen molar-refractivity contribution in [3.8, 4) is 11.5 Å². The lowest BCUT2D eigenvalue weighted by atomic mass is 9.90. The van der Waals surface area contributed by atoms with Gasteiger partial charge >= 0.3 is 0 Å². The summed E-state index contributed by atoms with van der Waals surface area (Å²) in [6.07, 6.45) is 1.62. The zero-order chi connectivity index (χ0) is 21.6. The molecule has 5 nitrogen and oxygen atoms in total. The zero-order valence-corrected chi connectivity index (χ0v) is 18.3. The van der Waals surface area contributed by atoms with E-state index in [1.807, 2.05) is 54.6 Å². The average molecular weight is 436 g/mol. The lowest BCUT2D eigenvalue weighted by molar-refractivity contribution is 0.0641. The highest BCUT2D eigenvalue weighted by molar-refractivity contribution is 7.14. The molecule has 2 aromatic carbocycles. The molecule has 6 heteroatoms. The fourth-order valence-corrected chi connectivity index (χ4v) is 4.74. The summed E-state index contributed by atoms with van der Waals surface area (Å²) in [4.78, 5) is 29.5. The number of benzene rings is 2. The second-order valence-electron chi connectivity index (χ2n) is 7.59. The number of piperidine rings is 1. The Morgan fingerprint density at radius 2 is 1.74 bits per heavy atom. The first-order valence-electron chi connectivity index (χ1n) is 10.4. The summed E-state index contributed by atoms with van der Waals surface area (Å²) in [6.45, 7) is 1.64. The molecular weight excluding hydrogens is 410 g/mol. The number of thiophene rings is 1. The number of amides is 1. The number of hydrogen-bond acceptors (Lipinski definition) is 5. The summed E-state index contributed by atoms with van der Waals surface area (Å²) in [5.74, 6) is 1.33. The van der Waals surface area contributed by atoms with Crippen LogP contribution in [0, 0.1) is 5.92 Å². The lowest BCUT2D eigenvalue weighted by Gasteiger charge is -2.31. The van der Waals surface area contributed by atoms with E-state index in [2.05, 4.69) is 0 Å². The van der Waals surface area contributed by atoms with Crippen molar-refractivity contribution in [3.63, 3.8) is 0 Å². The molecule has 0 radical (unpaired) electrons. The third-order valence-corrected chi connectivity index (χ3v) is 6.40. The van der Waals surface area contributed by atoms with E-state index in [0.717, 1.165) is 23.5 Å². The van der Waals surface area contributed by atoms with Gasteiger partial charge in [-0.25, -0.2) is 0 Å². The summed E-state index contributed by atoms with van der Waals surface area (Å²) in [5.41, 5.74) is 0.651. The Morgan fingerprint density at radius 1 is 1.00 bits per heavy atom. The van der Waals surface area contributed by atoms with Gasteiger partial charge < -0.3 is 14.4 Å². The van der Waals surface area contributed by atoms with Gasteiger partial charge in [0.25, 0.3) is 5.91 Å². The first-order chi connectivity index (χ1) is 15.1. The van der Waals surface area contributed by atoms with Gasteiger partial charge in [-0.15, -0.1) is 11.3 Å². The van der Waals surface area contributed by atoms with Crippen LogP contribution in [0.5, 0.6) is 11.5 Å². The molecule has 0 N–H and O–H groups in total. The molecule has 1 fully saturated rings. The fraction of sp³-hybridized carbons (Fsp3) is 0.280. The van der Waals surface area contributed by atoms with Crippen molar-refractivity contribution >= 4 is 23.0 Å². The summed E-state index contributed by atoms with van der Waals surface area (Å²) in [7, 11) is 1.64. The van der Waals surface area contributed by atoms with E-state index in [1.54, 1.807) is 24.1 Å². The maximum absolute atomic E-state index is 13.1. The number of rotatable bonds is 7. The molecule has 160 valence electrons. The van der Waals surface area contributed by atoms with Crippen LogP contribution in [0.3, 0.4) is 0 Å². The van der Waals surface area contributed by atoms with Crippen LogP contribution in [0.2, 0.25) is 0 Å². The van der Waals surface area contributed by atoms with Crippen molar-refractivity contribution in [1.82, 2.24) is 4.90 Å². The predicted octanol–water partition coefficient (Wildman–Crippen LogP) is 5.42. The molecule has 3 aromatic rings. The van der Waals surface area contributed by atoms with E-state index in [0.29, 0.717) is 35.9 Å². The molecule has 1 saturated heterocycles. The molecule has 1 aliphatic rings. The monoisotopic (exact) mass is 435 g/mol. The molecule has 0 aliphatic carbocycles. The van der Waals surface area contributed by atoms with Gasteiger partial charge in [0.05, 0.1) is 11.5 Å². The SMILES string of the molecule is COCc1ccc(C(=O)N2CCCC(C(=O)c3ccc(Oc4ccccc4)cc3)C2)s1. The number of carbonyl (C=O) groups excluding carboxylic acids is 2. The van der Waals surface area contributed by atoms with Gasteiger partial charge in [-0.1, -0.05) is 18.2 Å². The molecule has 1 unspecified atom stereocenters. The summed E-state index contributed by atoms with van der Waals surface area (Å²) in [6, 6.07) is 20.5. The van der Waals surface area contributed by atoms with Crippen LogP contribution in [0.4, 0.5) is 0 Å². The van der Waals surface area contributed by atoms with Crippen molar-refractivity contribution in [1.29, 1.82) is 0 Å². The van der Waals surface area contributed by atoms with E-state index in [-0.39, 0.29) is 17.6 Å². The van der Waals surface area contributed by atoms with Crippen molar-refractivity contribution in [2.24, 2.45) is 5.92 Å². The molecule has 0 saturated carbocycles. The van der Waals surface area contributed by atoms with Crippen LogP contribution in [0.25, 0.3) is 0 Å². The largest absolute Gasteiger partial charge is 0.457 e. The van der Waals surface area contributed by atoms with Crippen molar-refractivity contribution in [2.45, 2.75) is 19.4 Å². The molecule has 2 heterocycles. The Morgan fingerprint density at radius 3 is 2.48 bits per heavy atom. The topological polar surface area (TPSA) is 55.8 Å². The zero-order valence-electron chi connectivity index (χ0n) is 17.5. The first kappa shape index (κ1) is 21.3. The standard InChI is InChI=1S/C25H25NO4S/c1-29-17-22-13-14-23(31-22)25(28)26-15-5-6-19(16-26)24(27)18-9-11-21(12-10-18)30-20-7-3-2-4-8-20/h2-4,7-14,19H,5-6,15-17H2,1H3. The Bertz CT molecular complexity index is 1030. The number of methoxy groups -OCH3 is 1. The van der Waals surface area contributed by atoms with Crippen LogP contribution >= 0.6 is 11.3 Å². The van der Waals surface area contributed by atoms with E-state index < -0.39 is 0 Å². The minimum atomic E-state index is -0.183. The third-order valence-electron chi connectivity index (χ3n) is 5.36. The van der Waals surface area contributed by atoms with Gasteiger partial charge in [0, 0.05) is 36.6 Å². The lowest BCUT2D eigenvalue weighted by Crippen LogP contribution is -2.42. The van der Waals surface area contributed by atoms with E-state index in [4.69, 9.17) is 9.47 Å². The number of likely N-dealkylation sites (tertiary alicyclic amines) is 1. The average Bonchev–Trinajstić information content (AvgIpc) is 3.28. The number of nitrogens with zero attached hydrogens (tertiary/aromatic N) is 1. The normalized spacial score (nSPS) is 16.2. The smallest absolute Gasteiger partial charge is 0.263 e. The number of ketones is 1. The van der Waals surface area contributed by atoms with Gasteiger partial charge in [0.2, 0.25) is 0 Å². The highest BCUT2D eigenvalue weighted by Crippen LogP contribution is 2.27. The second-order valence-corrected chi connectivity index (χ2v) is 8.76. The van der Waals surface area contributed by atoms with Crippen LogP contribution in [-0.2, 0) is 11.3 Å². The van der Waals surface area contributed by atoms with E-state index in [1.165, 1.54) is 11.3 Å². The number of hydrogen-bond donors (Lipinski definition) is 0. The Labute approximate surface area is 186 Å². The van der Waals surface area contributed by atoms with Crippen molar-refractivity contribution < 1.29 is 19.1 Å². The summed E-state index contributed by atoms with van der Waals surface area (Å²) in [5, 5.41) is 0. The van der Waals surface area contributed by atoms with Crippen molar-refractivity contribution in [3.05, 3.63) is 82.0 Å². The first-order valence-corrected chi connectivity index (χ1v) is 11.2. The number of carbonyl (C=O) groups is 2. The van der Waals surface area contributed by atoms with Gasteiger partial charge in [-0.3, -0.25) is 9.59 Å². The van der Waals surface area contributed by atoms with Crippen LogP contribution in [0.1, 0.15) is 37.7 Å². The van der Waals surface area contributed by atoms with Gasteiger partial charge in [0.15, 0.2) is 5.78 Å². The second kappa shape index (κ2) is 9.90. The fourth-order valence-electron chi connectivity index (χ4n) is 3.79. The van der Waals surface area contributed by atoms with Crippen LogP contribution in [-0.4, -0.2) is 36.8 Å². The van der Waals surface area contributed by atoms with Gasteiger partial charge in [-0.2, -0.15) is 0 Å². The molecule has 1 atom stereocenters. The van der Waals surface area contributed by atoms with Gasteiger partial charge in [0.1, 0.15) is 11.5 Å². The maximum Gasteiger partial charge on any atom is 0.263 e. The van der Waals surface area contributed by atoms with E-state index >= 15 is 0 Å². The quantitative estimate of drug-likeness (QED) is 0.465. The van der Waals surface area contributed by atoms with E-state index in [9.17, 15) is 9.59 Å². The van der Waals surface area contributed by atoms with Gasteiger partial charge in [-0.05, 0) is 61.4 Å². The molecular formula is C25H25NO4S. The third kappa shape index (κ3) is 5.21. The van der Waals surface area contributed by atoms with Crippen LogP contribution < -0.4 is 4.74 Å². The minimum Gasteiger partial charge on any atom is -0.457 e. The van der Waals surface area contributed by atoms with Crippen molar-refractivity contribution in [2.75, 3.05) is 20.2 Å². The molecule has 0 bridgehead atoms. The molecule has 1 aliphatic heterocycles. The Hall–Kier alpha value is -2.96. The molecule has 31 heavy (non-hydrogen) atoms. The minimum absolute atomic E-state index is 0.00328.